The first-order valence-electron chi connectivity index (χ1n) is 16.8. The highest BCUT2D eigenvalue weighted by Crippen LogP contribution is 2.25. The lowest BCUT2D eigenvalue weighted by atomic mass is 10.0. The molecule has 4 amide bonds. The molecule has 1 aliphatic rings. The van der Waals surface area contributed by atoms with E-state index in [1.54, 1.807) is 23.9 Å². The number of carbonyl (C=O) groups excluding carboxylic acids is 4. The standard InChI is InChI=1S/C37H40N8O5S/c1-22(2)15-26-18-45(37(49)30-17-38-32(44(30)4)25-13-9-6-10-14-25)19-31(46)41-27(16-24-11-7-5-8-12-24)36-43-29(21-51-36)34(48)39-23(3)35-42-28(20-50-35)33(47)40-26/h5-14,17,20-23,26-27H,15-16,18-19H2,1-4H3,(H,39,48)(H,40,47)(H,41,46)/t23-,26-,27-/m1/s1. The maximum atomic E-state index is 14.4. The van der Waals surface area contributed by atoms with Crippen LogP contribution in [0, 0.1) is 5.92 Å². The molecule has 0 radical (unpaired) electrons. The number of imidazole rings is 1. The van der Waals surface area contributed by atoms with Gasteiger partial charge in [-0.15, -0.1) is 11.3 Å². The highest BCUT2D eigenvalue weighted by Gasteiger charge is 2.30. The molecule has 2 aromatic carbocycles. The van der Waals surface area contributed by atoms with Crippen LogP contribution in [0.3, 0.4) is 0 Å². The Labute approximate surface area is 299 Å². The van der Waals surface area contributed by atoms with E-state index < -0.39 is 41.8 Å². The SMILES string of the molecule is CC(C)C[C@@H]1CN(C(=O)c2cnc(-c3ccccc3)n2C)CC(=O)N[C@H](Cc2ccccc2)c2nc(cs2)C(=O)N[C@H](C)c2nc(co2)C(=O)N1. The highest BCUT2D eigenvalue weighted by atomic mass is 32.1. The fraction of sp³-hybridized carbons (Fsp3) is 0.324. The monoisotopic (exact) mass is 708 g/mol. The molecule has 4 heterocycles. The third-order valence-electron chi connectivity index (χ3n) is 8.54. The number of aromatic nitrogens is 4. The number of benzene rings is 2. The Hall–Kier alpha value is -5.63. The third kappa shape index (κ3) is 8.40. The van der Waals surface area contributed by atoms with Crippen molar-refractivity contribution in [3.63, 3.8) is 0 Å². The van der Waals surface area contributed by atoms with Crippen LogP contribution in [0.15, 0.2) is 82.9 Å². The Bertz CT molecular complexity index is 2000. The maximum absolute atomic E-state index is 14.4. The number of nitrogens with zero attached hydrogens (tertiary/aromatic N) is 5. The number of rotatable bonds is 6. The van der Waals surface area contributed by atoms with E-state index in [1.165, 1.54) is 28.7 Å². The molecule has 14 heteroatoms. The van der Waals surface area contributed by atoms with Crippen molar-refractivity contribution in [3.8, 4) is 11.4 Å². The van der Waals surface area contributed by atoms with Gasteiger partial charge in [-0.1, -0.05) is 74.5 Å². The summed E-state index contributed by atoms with van der Waals surface area (Å²) in [5.41, 5.74) is 2.26. The molecule has 0 aliphatic carbocycles. The Morgan fingerprint density at radius 3 is 2.39 bits per heavy atom. The minimum absolute atomic E-state index is 0.0235. The van der Waals surface area contributed by atoms with Crippen LogP contribution in [0.2, 0.25) is 0 Å². The van der Waals surface area contributed by atoms with Gasteiger partial charge in [0.05, 0.1) is 18.8 Å². The average molecular weight is 709 g/mol. The van der Waals surface area contributed by atoms with E-state index in [0.29, 0.717) is 23.7 Å². The number of thiazole rings is 1. The van der Waals surface area contributed by atoms with Crippen LogP contribution in [-0.4, -0.2) is 67.2 Å². The zero-order valence-corrected chi connectivity index (χ0v) is 29.6. The number of oxazole rings is 1. The minimum atomic E-state index is -0.665. The van der Waals surface area contributed by atoms with Crippen molar-refractivity contribution in [2.45, 2.75) is 51.7 Å². The summed E-state index contributed by atoms with van der Waals surface area (Å²) in [6.45, 7) is 5.44. The van der Waals surface area contributed by atoms with E-state index in [0.717, 1.165) is 11.1 Å². The average Bonchev–Trinajstić information content (AvgIpc) is 3.88. The van der Waals surface area contributed by atoms with Crippen LogP contribution >= 0.6 is 11.3 Å². The number of fused-ring (bicyclic) bond motifs is 4. The second-order valence-corrected chi connectivity index (χ2v) is 13.9. The van der Waals surface area contributed by atoms with Gasteiger partial charge in [0.1, 0.15) is 34.5 Å². The predicted octanol–water partition coefficient (Wildman–Crippen LogP) is 4.72. The lowest BCUT2D eigenvalue weighted by Gasteiger charge is -2.29. The number of carbonyl (C=O) groups is 4. The smallest absolute Gasteiger partial charge is 0.273 e. The van der Waals surface area contributed by atoms with Gasteiger partial charge in [-0.3, -0.25) is 19.2 Å². The molecule has 264 valence electrons. The van der Waals surface area contributed by atoms with Gasteiger partial charge in [0.25, 0.3) is 17.7 Å². The fourth-order valence-corrected chi connectivity index (χ4v) is 6.91. The van der Waals surface area contributed by atoms with Crippen LogP contribution in [0.4, 0.5) is 0 Å². The van der Waals surface area contributed by atoms with Gasteiger partial charge in [0.2, 0.25) is 11.8 Å². The van der Waals surface area contributed by atoms with Crippen molar-refractivity contribution in [3.05, 3.63) is 112 Å². The van der Waals surface area contributed by atoms with E-state index in [2.05, 4.69) is 30.9 Å². The van der Waals surface area contributed by atoms with Gasteiger partial charge in [-0.05, 0) is 31.2 Å². The van der Waals surface area contributed by atoms with E-state index in [-0.39, 0.29) is 42.0 Å². The van der Waals surface area contributed by atoms with Crippen LogP contribution in [-0.2, 0) is 18.3 Å². The van der Waals surface area contributed by atoms with Crippen molar-refractivity contribution in [2.75, 3.05) is 13.1 Å². The van der Waals surface area contributed by atoms with Gasteiger partial charge < -0.3 is 29.8 Å². The molecule has 0 saturated carbocycles. The normalized spacial score (nSPS) is 18.8. The lowest BCUT2D eigenvalue weighted by molar-refractivity contribution is -0.122. The predicted molar refractivity (Wildman–Crippen MR) is 191 cm³/mol. The number of hydrogen-bond acceptors (Lipinski definition) is 9. The molecule has 51 heavy (non-hydrogen) atoms. The maximum Gasteiger partial charge on any atom is 0.273 e. The Morgan fingerprint density at radius 2 is 1.67 bits per heavy atom. The van der Waals surface area contributed by atoms with Crippen molar-refractivity contribution in [2.24, 2.45) is 13.0 Å². The van der Waals surface area contributed by atoms with Crippen LogP contribution in [0.5, 0.6) is 0 Å². The van der Waals surface area contributed by atoms with Gasteiger partial charge in [0.15, 0.2) is 5.69 Å². The summed E-state index contributed by atoms with van der Waals surface area (Å²) in [4.78, 5) is 70.0. The number of amides is 4. The minimum Gasteiger partial charge on any atom is -0.446 e. The molecule has 0 spiro atoms. The third-order valence-corrected chi connectivity index (χ3v) is 9.49. The van der Waals surface area contributed by atoms with Crippen LogP contribution in [0.25, 0.3) is 11.4 Å². The molecule has 6 rings (SSSR count). The van der Waals surface area contributed by atoms with Crippen molar-refractivity contribution < 1.29 is 23.6 Å². The number of hydrogen-bond donors (Lipinski definition) is 3. The zero-order valence-electron chi connectivity index (χ0n) is 28.8. The first-order valence-corrected chi connectivity index (χ1v) is 17.7. The summed E-state index contributed by atoms with van der Waals surface area (Å²) in [6.07, 6.45) is 3.65. The molecular weight excluding hydrogens is 669 g/mol. The van der Waals surface area contributed by atoms with E-state index in [4.69, 9.17) is 4.42 Å². The Balaban J connectivity index is 1.38. The highest BCUT2D eigenvalue weighted by molar-refractivity contribution is 7.09. The number of nitrogens with one attached hydrogen (secondary N) is 3. The molecule has 0 unspecified atom stereocenters. The molecule has 1 aliphatic heterocycles. The summed E-state index contributed by atoms with van der Waals surface area (Å²) in [5, 5.41) is 11.1. The van der Waals surface area contributed by atoms with Crippen molar-refractivity contribution in [1.82, 2.24) is 40.4 Å². The molecule has 0 saturated heterocycles. The largest absolute Gasteiger partial charge is 0.446 e. The topological polar surface area (TPSA) is 164 Å². The van der Waals surface area contributed by atoms with Gasteiger partial charge >= 0.3 is 0 Å². The summed E-state index contributed by atoms with van der Waals surface area (Å²) in [7, 11) is 1.76. The molecule has 13 nitrogen and oxygen atoms in total. The quantitative estimate of drug-likeness (QED) is 0.228. The molecule has 3 atom stereocenters. The van der Waals surface area contributed by atoms with Crippen LogP contribution < -0.4 is 16.0 Å². The molecule has 5 aromatic rings. The summed E-state index contributed by atoms with van der Waals surface area (Å²) < 4.78 is 7.30. The van der Waals surface area contributed by atoms with E-state index in [1.807, 2.05) is 74.5 Å². The van der Waals surface area contributed by atoms with Crippen LogP contribution in [0.1, 0.15) is 87.2 Å². The summed E-state index contributed by atoms with van der Waals surface area (Å²) in [6, 6.07) is 17.3. The summed E-state index contributed by atoms with van der Waals surface area (Å²) in [5.74, 6) is -0.934. The lowest BCUT2D eigenvalue weighted by Crippen LogP contribution is -2.50. The van der Waals surface area contributed by atoms with Gasteiger partial charge in [-0.2, -0.15) is 0 Å². The zero-order chi connectivity index (χ0) is 36.1. The van der Waals surface area contributed by atoms with Crippen molar-refractivity contribution in [1.29, 1.82) is 0 Å². The second kappa shape index (κ2) is 15.5. The molecule has 4 bridgehead atoms. The van der Waals surface area contributed by atoms with E-state index >= 15 is 0 Å². The molecule has 3 aromatic heterocycles. The van der Waals surface area contributed by atoms with Gasteiger partial charge in [0, 0.05) is 30.6 Å². The Morgan fingerprint density at radius 1 is 0.961 bits per heavy atom. The Kier molecular flexibility index (Phi) is 10.7. The summed E-state index contributed by atoms with van der Waals surface area (Å²) >= 11 is 1.25. The molecular formula is C37H40N8O5S. The molecule has 3 N–H and O–H groups in total. The van der Waals surface area contributed by atoms with Crippen molar-refractivity contribution >= 4 is 35.0 Å². The second-order valence-electron chi connectivity index (χ2n) is 13.0. The first kappa shape index (κ1) is 35.2. The van der Waals surface area contributed by atoms with Gasteiger partial charge in [-0.25, -0.2) is 15.0 Å². The fourth-order valence-electron chi connectivity index (χ4n) is 6.06. The van der Waals surface area contributed by atoms with E-state index in [9.17, 15) is 19.2 Å². The first-order chi connectivity index (χ1) is 24.5. The molecule has 0 fully saturated rings.